The number of rotatable bonds is 11. The number of amides is 1. The topological polar surface area (TPSA) is 78.0 Å². The molecule has 1 aliphatic rings. The third-order valence-corrected chi connectivity index (χ3v) is 5.75. The minimum atomic E-state index is -0.0303. The minimum absolute atomic E-state index is 0.0303. The largest absolute Gasteiger partial charge is 0.379 e. The van der Waals surface area contributed by atoms with E-state index in [4.69, 9.17) is 9.73 Å². The molecule has 2 rings (SSSR count). The molecule has 32 heavy (non-hydrogen) atoms. The second-order valence-corrected chi connectivity index (χ2v) is 8.99. The standard InChI is InChI=1S/C25H43N5O2/c1-6-20(5)29-24(31)22-10-8-9-21(16-22)17-27-25(26-7-2)28-18-23(15-19(3)4)30-11-13-32-14-12-30/h8-10,16,19-20,23H,6-7,11-15,17-18H2,1-5H3,(H,29,31)(H2,26,27,28). The van der Waals surface area contributed by atoms with E-state index in [2.05, 4.69) is 48.5 Å². The fourth-order valence-electron chi connectivity index (χ4n) is 3.79. The Kier molecular flexibility index (Phi) is 11.5. The van der Waals surface area contributed by atoms with Gasteiger partial charge in [-0.2, -0.15) is 0 Å². The molecule has 2 unspecified atom stereocenters. The minimum Gasteiger partial charge on any atom is -0.379 e. The van der Waals surface area contributed by atoms with Gasteiger partial charge >= 0.3 is 0 Å². The lowest BCUT2D eigenvalue weighted by Gasteiger charge is -2.35. The van der Waals surface area contributed by atoms with E-state index in [0.717, 1.165) is 63.8 Å². The molecule has 7 heteroatoms. The van der Waals surface area contributed by atoms with Crippen LogP contribution in [0.25, 0.3) is 0 Å². The van der Waals surface area contributed by atoms with Crippen LogP contribution >= 0.6 is 0 Å². The van der Waals surface area contributed by atoms with Crippen molar-refractivity contribution >= 4 is 11.9 Å². The van der Waals surface area contributed by atoms with Crippen LogP contribution in [-0.4, -0.2) is 68.2 Å². The summed E-state index contributed by atoms with van der Waals surface area (Å²) >= 11 is 0. The van der Waals surface area contributed by atoms with Crippen LogP contribution in [0.3, 0.4) is 0 Å². The number of benzene rings is 1. The van der Waals surface area contributed by atoms with Gasteiger partial charge in [0, 0.05) is 43.8 Å². The Morgan fingerprint density at radius 2 is 1.91 bits per heavy atom. The quantitative estimate of drug-likeness (QED) is 0.361. The highest BCUT2D eigenvalue weighted by Gasteiger charge is 2.22. The molecule has 1 fully saturated rings. The number of ether oxygens (including phenoxy) is 1. The van der Waals surface area contributed by atoms with E-state index >= 15 is 0 Å². The van der Waals surface area contributed by atoms with Gasteiger partial charge in [-0.05, 0) is 50.3 Å². The van der Waals surface area contributed by atoms with Gasteiger partial charge in [0.05, 0.1) is 19.8 Å². The second-order valence-electron chi connectivity index (χ2n) is 8.99. The Hall–Kier alpha value is -2.12. The summed E-state index contributed by atoms with van der Waals surface area (Å²) in [6.07, 6.45) is 2.05. The van der Waals surface area contributed by atoms with Crippen LogP contribution in [0.2, 0.25) is 0 Å². The number of aliphatic imine (C=N–C) groups is 1. The molecule has 0 spiro atoms. The summed E-state index contributed by atoms with van der Waals surface area (Å²) in [4.78, 5) is 19.7. The highest BCUT2D eigenvalue weighted by atomic mass is 16.5. The van der Waals surface area contributed by atoms with Gasteiger partial charge in [-0.3, -0.25) is 9.69 Å². The number of carbonyl (C=O) groups excluding carboxylic acids is 1. The Labute approximate surface area is 194 Å². The predicted octanol–water partition coefficient (Wildman–Crippen LogP) is 3.02. The monoisotopic (exact) mass is 445 g/mol. The molecule has 0 aromatic heterocycles. The van der Waals surface area contributed by atoms with Gasteiger partial charge in [-0.25, -0.2) is 4.99 Å². The molecule has 0 saturated carbocycles. The van der Waals surface area contributed by atoms with Gasteiger partial charge in [0.25, 0.3) is 5.91 Å². The van der Waals surface area contributed by atoms with Crippen molar-refractivity contribution in [2.24, 2.45) is 10.9 Å². The third kappa shape index (κ3) is 9.17. The molecule has 1 aromatic rings. The zero-order valence-electron chi connectivity index (χ0n) is 20.6. The lowest BCUT2D eigenvalue weighted by molar-refractivity contribution is 0.0132. The van der Waals surface area contributed by atoms with Crippen LogP contribution in [0.4, 0.5) is 0 Å². The van der Waals surface area contributed by atoms with Crippen molar-refractivity contribution in [3.63, 3.8) is 0 Å². The van der Waals surface area contributed by atoms with Crippen molar-refractivity contribution in [2.45, 2.75) is 66.1 Å². The van der Waals surface area contributed by atoms with Crippen LogP contribution in [0.1, 0.15) is 63.4 Å². The van der Waals surface area contributed by atoms with Crippen molar-refractivity contribution in [2.75, 3.05) is 39.4 Å². The van der Waals surface area contributed by atoms with Crippen LogP contribution in [0.5, 0.6) is 0 Å². The zero-order chi connectivity index (χ0) is 23.3. The van der Waals surface area contributed by atoms with E-state index < -0.39 is 0 Å². The number of nitrogens with one attached hydrogen (secondary N) is 3. The van der Waals surface area contributed by atoms with E-state index in [-0.39, 0.29) is 11.9 Å². The molecular formula is C25H43N5O2. The molecule has 0 aliphatic carbocycles. The molecule has 2 atom stereocenters. The molecule has 1 heterocycles. The normalized spacial score (nSPS) is 17.1. The first kappa shape index (κ1) is 26.1. The molecule has 1 amide bonds. The summed E-state index contributed by atoms with van der Waals surface area (Å²) in [5.41, 5.74) is 1.70. The Morgan fingerprint density at radius 3 is 2.56 bits per heavy atom. The summed E-state index contributed by atoms with van der Waals surface area (Å²) in [5, 5.41) is 9.92. The molecule has 0 radical (unpaired) electrons. The maximum atomic E-state index is 12.4. The fourth-order valence-corrected chi connectivity index (χ4v) is 3.79. The lowest BCUT2D eigenvalue weighted by atomic mass is 10.0. The van der Waals surface area contributed by atoms with Crippen molar-refractivity contribution in [1.82, 2.24) is 20.9 Å². The Morgan fingerprint density at radius 1 is 1.16 bits per heavy atom. The van der Waals surface area contributed by atoms with Gasteiger partial charge in [0.2, 0.25) is 0 Å². The molecule has 180 valence electrons. The summed E-state index contributed by atoms with van der Waals surface area (Å²) in [6, 6.07) is 8.35. The highest BCUT2D eigenvalue weighted by Crippen LogP contribution is 2.13. The fraction of sp³-hybridized carbons (Fsp3) is 0.680. The number of hydrogen-bond donors (Lipinski definition) is 3. The number of morpholine rings is 1. The SMILES string of the molecule is CCNC(=NCc1cccc(C(=O)NC(C)CC)c1)NCC(CC(C)C)N1CCOCC1. The molecule has 7 nitrogen and oxygen atoms in total. The number of nitrogens with zero attached hydrogens (tertiary/aromatic N) is 2. The molecular weight excluding hydrogens is 402 g/mol. The zero-order valence-corrected chi connectivity index (χ0v) is 20.6. The van der Waals surface area contributed by atoms with Gasteiger partial charge < -0.3 is 20.7 Å². The smallest absolute Gasteiger partial charge is 0.251 e. The number of guanidine groups is 1. The van der Waals surface area contributed by atoms with Crippen molar-refractivity contribution < 1.29 is 9.53 Å². The van der Waals surface area contributed by atoms with Crippen LogP contribution < -0.4 is 16.0 Å². The maximum Gasteiger partial charge on any atom is 0.251 e. The van der Waals surface area contributed by atoms with Crippen LogP contribution in [0, 0.1) is 5.92 Å². The number of carbonyl (C=O) groups is 1. The van der Waals surface area contributed by atoms with Gasteiger partial charge in [0.1, 0.15) is 0 Å². The van der Waals surface area contributed by atoms with E-state index in [9.17, 15) is 4.79 Å². The summed E-state index contributed by atoms with van der Waals surface area (Å²) < 4.78 is 5.53. The van der Waals surface area contributed by atoms with Gasteiger partial charge in [-0.15, -0.1) is 0 Å². The average molecular weight is 446 g/mol. The first-order chi connectivity index (χ1) is 15.4. The Balaban J connectivity index is 2.00. The van der Waals surface area contributed by atoms with Crippen LogP contribution in [0.15, 0.2) is 29.3 Å². The Bertz CT molecular complexity index is 716. The van der Waals surface area contributed by atoms with E-state index in [1.165, 1.54) is 0 Å². The molecule has 1 aromatic carbocycles. The third-order valence-electron chi connectivity index (χ3n) is 5.75. The van der Waals surface area contributed by atoms with Crippen LogP contribution in [-0.2, 0) is 11.3 Å². The molecule has 1 saturated heterocycles. The summed E-state index contributed by atoms with van der Waals surface area (Å²) in [7, 11) is 0. The predicted molar refractivity (Wildman–Crippen MR) is 132 cm³/mol. The summed E-state index contributed by atoms with van der Waals surface area (Å²) in [6.45, 7) is 16.5. The van der Waals surface area contributed by atoms with Gasteiger partial charge in [0.15, 0.2) is 5.96 Å². The van der Waals surface area contributed by atoms with Crippen molar-refractivity contribution in [3.05, 3.63) is 35.4 Å². The van der Waals surface area contributed by atoms with Crippen molar-refractivity contribution in [3.8, 4) is 0 Å². The molecule has 0 bridgehead atoms. The second kappa shape index (κ2) is 14.1. The number of hydrogen-bond acceptors (Lipinski definition) is 4. The first-order valence-corrected chi connectivity index (χ1v) is 12.2. The lowest BCUT2D eigenvalue weighted by Crippen LogP contribution is -2.51. The van der Waals surface area contributed by atoms with E-state index in [0.29, 0.717) is 24.1 Å². The molecule has 1 aliphatic heterocycles. The van der Waals surface area contributed by atoms with E-state index in [1.54, 1.807) is 0 Å². The van der Waals surface area contributed by atoms with E-state index in [1.807, 2.05) is 31.2 Å². The summed E-state index contributed by atoms with van der Waals surface area (Å²) in [5.74, 6) is 1.41. The first-order valence-electron chi connectivity index (χ1n) is 12.2. The molecule has 3 N–H and O–H groups in total. The van der Waals surface area contributed by atoms with Gasteiger partial charge in [-0.1, -0.05) is 32.9 Å². The highest BCUT2D eigenvalue weighted by molar-refractivity contribution is 5.94. The average Bonchev–Trinajstić information content (AvgIpc) is 2.80. The van der Waals surface area contributed by atoms with Crippen molar-refractivity contribution in [1.29, 1.82) is 0 Å². The maximum absolute atomic E-state index is 12.4.